The second kappa shape index (κ2) is 8.00. The first-order valence-corrected chi connectivity index (χ1v) is 11.8. The minimum Gasteiger partial charge on any atom is -0.321 e. The number of hydrogen-bond donors (Lipinski definition) is 2. The van der Waals surface area contributed by atoms with Crippen LogP contribution in [0.2, 0.25) is 5.02 Å². The molecule has 0 radical (unpaired) electrons. The molecule has 0 saturated heterocycles. The number of rotatable bonds is 4. The molecule has 1 aliphatic heterocycles. The third-order valence-corrected chi connectivity index (χ3v) is 6.41. The van der Waals surface area contributed by atoms with Gasteiger partial charge in [0.15, 0.2) is 0 Å². The number of hydrogen-bond acceptors (Lipinski definition) is 4. The summed E-state index contributed by atoms with van der Waals surface area (Å²) in [4.78, 5) is 12.7. The number of amides is 1. The van der Waals surface area contributed by atoms with Crippen molar-refractivity contribution >= 4 is 44.9 Å². The number of fused-ring (bicyclic) bond motifs is 1. The molecule has 164 valence electrons. The van der Waals surface area contributed by atoms with E-state index in [9.17, 15) is 13.2 Å². The minimum atomic E-state index is -3.92. The van der Waals surface area contributed by atoms with Crippen LogP contribution in [0.25, 0.3) is 28.6 Å². The van der Waals surface area contributed by atoms with Gasteiger partial charge in [0, 0.05) is 39.2 Å². The van der Waals surface area contributed by atoms with E-state index in [-0.39, 0.29) is 10.8 Å². The van der Waals surface area contributed by atoms with Gasteiger partial charge < -0.3 is 5.32 Å². The van der Waals surface area contributed by atoms with E-state index in [1.165, 1.54) is 18.2 Å². The number of aromatic nitrogens is 2. The number of halogens is 1. The van der Waals surface area contributed by atoms with Crippen molar-refractivity contribution in [1.29, 1.82) is 0 Å². The van der Waals surface area contributed by atoms with Gasteiger partial charge in [0.25, 0.3) is 5.91 Å². The van der Waals surface area contributed by atoms with Crippen LogP contribution in [-0.4, -0.2) is 24.1 Å². The first-order valence-electron chi connectivity index (χ1n) is 9.91. The van der Waals surface area contributed by atoms with Crippen LogP contribution < -0.4 is 10.5 Å². The number of primary sulfonamides is 1. The number of anilines is 1. The Balaban J connectivity index is 1.70. The first-order chi connectivity index (χ1) is 15.8. The van der Waals surface area contributed by atoms with Gasteiger partial charge in [0.1, 0.15) is 5.69 Å². The van der Waals surface area contributed by atoms with Crippen molar-refractivity contribution in [3.8, 4) is 16.9 Å². The fourth-order valence-corrected chi connectivity index (χ4v) is 4.44. The molecule has 0 aliphatic carbocycles. The first kappa shape index (κ1) is 21.1. The summed E-state index contributed by atoms with van der Waals surface area (Å²) in [5.41, 5.74) is 4.19. The fraction of sp³-hybridized carbons (Fsp3) is 0. The van der Waals surface area contributed by atoms with E-state index < -0.39 is 10.0 Å². The van der Waals surface area contributed by atoms with Gasteiger partial charge in [-0.1, -0.05) is 41.9 Å². The number of nitrogens with zero attached hydrogens (tertiary/aromatic N) is 2. The lowest BCUT2D eigenvalue weighted by Crippen LogP contribution is -2.12. The van der Waals surface area contributed by atoms with Crippen molar-refractivity contribution < 1.29 is 13.2 Å². The zero-order valence-corrected chi connectivity index (χ0v) is 18.6. The lowest BCUT2D eigenvalue weighted by molar-refractivity contribution is -0.110. The Bertz CT molecular complexity index is 1540. The van der Waals surface area contributed by atoms with E-state index in [0.717, 1.165) is 11.3 Å². The van der Waals surface area contributed by atoms with E-state index in [4.69, 9.17) is 21.8 Å². The highest BCUT2D eigenvalue weighted by Crippen LogP contribution is 2.36. The molecule has 0 fully saturated rings. The van der Waals surface area contributed by atoms with E-state index in [1.807, 2.05) is 48.7 Å². The van der Waals surface area contributed by atoms with Crippen LogP contribution in [0.5, 0.6) is 0 Å². The van der Waals surface area contributed by atoms with Gasteiger partial charge in [-0.25, -0.2) is 18.2 Å². The second-order valence-corrected chi connectivity index (χ2v) is 9.49. The van der Waals surface area contributed by atoms with Crippen LogP contribution in [0.4, 0.5) is 5.69 Å². The Hall–Kier alpha value is -3.72. The van der Waals surface area contributed by atoms with Gasteiger partial charge in [-0.2, -0.15) is 5.10 Å². The third-order valence-electron chi connectivity index (χ3n) is 5.26. The van der Waals surface area contributed by atoms with Crippen LogP contribution in [0.15, 0.2) is 83.9 Å². The van der Waals surface area contributed by atoms with Crippen molar-refractivity contribution in [2.24, 2.45) is 5.14 Å². The largest absolute Gasteiger partial charge is 0.321 e. The molecule has 0 saturated carbocycles. The quantitative estimate of drug-likeness (QED) is 0.427. The SMILES string of the molecule is NS(=O)(=O)c1ccc2c(c1)/C(=C\c1cn(-c3ccccc3)nc1-c1cccc(Cl)c1)C(=O)N2. The Morgan fingerprint density at radius 1 is 1.00 bits per heavy atom. The minimum absolute atomic E-state index is 0.0707. The summed E-state index contributed by atoms with van der Waals surface area (Å²) in [6.45, 7) is 0. The molecule has 0 atom stereocenters. The van der Waals surface area contributed by atoms with Crippen LogP contribution in [0.3, 0.4) is 0 Å². The summed E-state index contributed by atoms with van der Waals surface area (Å²) in [5.74, 6) is -0.346. The third kappa shape index (κ3) is 4.07. The van der Waals surface area contributed by atoms with Gasteiger partial charge in [-0.15, -0.1) is 0 Å². The van der Waals surface area contributed by atoms with Crippen LogP contribution in [0, 0.1) is 0 Å². The molecule has 0 spiro atoms. The fourth-order valence-electron chi connectivity index (χ4n) is 3.71. The van der Waals surface area contributed by atoms with Crippen molar-refractivity contribution in [2.45, 2.75) is 4.90 Å². The number of nitrogens with two attached hydrogens (primary N) is 1. The van der Waals surface area contributed by atoms with Crippen LogP contribution in [0.1, 0.15) is 11.1 Å². The molecular weight excluding hydrogens is 460 g/mol. The molecule has 3 N–H and O–H groups in total. The number of sulfonamides is 1. The molecule has 1 amide bonds. The smallest absolute Gasteiger partial charge is 0.256 e. The number of carbonyl (C=O) groups is 1. The van der Waals surface area contributed by atoms with E-state index >= 15 is 0 Å². The number of benzene rings is 3. The Kier molecular flexibility index (Phi) is 5.13. The monoisotopic (exact) mass is 476 g/mol. The van der Waals surface area contributed by atoms with Gasteiger partial charge in [-0.05, 0) is 48.5 Å². The van der Waals surface area contributed by atoms with Gasteiger partial charge in [0.2, 0.25) is 10.0 Å². The summed E-state index contributed by atoms with van der Waals surface area (Å²) in [7, 11) is -3.92. The molecule has 5 rings (SSSR count). The average Bonchev–Trinajstić information content (AvgIpc) is 3.35. The maximum atomic E-state index is 12.8. The Morgan fingerprint density at radius 2 is 1.79 bits per heavy atom. The standard InChI is InChI=1S/C24H17ClN4O3S/c25-17-6-4-5-15(11-17)23-16(14-29(28-23)18-7-2-1-3-8-18)12-21-20-13-19(33(26,31)32)9-10-22(20)27-24(21)30/h1-14H,(H,27,30)(H2,26,31,32)/b21-12+. The van der Waals surface area contributed by atoms with Crippen molar-refractivity contribution in [3.63, 3.8) is 0 Å². The summed E-state index contributed by atoms with van der Waals surface area (Å²) >= 11 is 6.21. The zero-order valence-electron chi connectivity index (χ0n) is 17.1. The molecule has 3 aromatic carbocycles. The summed E-state index contributed by atoms with van der Waals surface area (Å²) in [6.07, 6.45) is 3.50. The lowest BCUT2D eigenvalue weighted by Gasteiger charge is -2.03. The Labute approximate surface area is 195 Å². The second-order valence-electron chi connectivity index (χ2n) is 7.49. The van der Waals surface area contributed by atoms with Crippen LogP contribution >= 0.6 is 11.6 Å². The molecule has 0 bridgehead atoms. The van der Waals surface area contributed by atoms with E-state index in [0.29, 0.717) is 33.1 Å². The molecule has 4 aromatic rings. The lowest BCUT2D eigenvalue weighted by atomic mass is 10.0. The predicted octanol–water partition coefficient (Wildman–Crippen LogP) is 4.33. The summed E-state index contributed by atoms with van der Waals surface area (Å²) in [5, 5.41) is 13.3. The number of nitrogens with one attached hydrogen (secondary N) is 1. The van der Waals surface area contributed by atoms with Gasteiger partial charge in [-0.3, -0.25) is 4.79 Å². The van der Waals surface area contributed by atoms with Gasteiger partial charge >= 0.3 is 0 Å². The van der Waals surface area contributed by atoms with Gasteiger partial charge in [0.05, 0.1) is 10.6 Å². The molecule has 7 nitrogen and oxygen atoms in total. The molecule has 0 unspecified atom stereocenters. The predicted molar refractivity (Wildman–Crippen MR) is 128 cm³/mol. The van der Waals surface area contributed by atoms with Crippen molar-refractivity contribution in [2.75, 3.05) is 5.32 Å². The Morgan fingerprint density at radius 3 is 2.52 bits per heavy atom. The molecular formula is C24H17ClN4O3S. The highest BCUT2D eigenvalue weighted by molar-refractivity contribution is 7.89. The molecule has 9 heteroatoms. The number of para-hydroxylation sites is 1. The molecule has 1 aromatic heterocycles. The highest BCUT2D eigenvalue weighted by atomic mass is 35.5. The van der Waals surface area contributed by atoms with Crippen LogP contribution in [-0.2, 0) is 14.8 Å². The zero-order chi connectivity index (χ0) is 23.2. The summed E-state index contributed by atoms with van der Waals surface area (Å²) < 4.78 is 25.4. The van der Waals surface area contributed by atoms with Crippen molar-refractivity contribution in [1.82, 2.24) is 9.78 Å². The maximum absolute atomic E-state index is 12.8. The average molecular weight is 477 g/mol. The van der Waals surface area contributed by atoms with E-state index in [2.05, 4.69) is 5.32 Å². The number of carbonyl (C=O) groups excluding carboxylic acids is 1. The normalized spacial score (nSPS) is 14.4. The highest BCUT2D eigenvalue weighted by Gasteiger charge is 2.27. The molecule has 33 heavy (non-hydrogen) atoms. The topological polar surface area (TPSA) is 107 Å². The van der Waals surface area contributed by atoms with E-state index in [1.54, 1.807) is 22.9 Å². The van der Waals surface area contributed by atoms with Crippen molar-refractivity contribution in [3.05, 3.63) is 95.1 Å². The molecule has 2 heterocycles. The molecule has 1 aliphatic rings. The maximum Gasteiger partial charge on any atom is 0.256 e. The summed E-state index contributed by atoms with van der Waals surface area (Å²) in [6, 6.07) is 21.1.